The summed E-state index contributed by atoms with van der Waals surface area (Å²) in [6.07, 6.45) is 6.68. The van der Waals surface area contributed by atoms with Crippen molar-refractivity contribution in [1.29, 1.82) is 0 Å². The fourth-order valence-electron chi connectivity index (χ4n) is 2.54. The molecule has 0 saturated heterocycles. The Morgan fingerprint density at radius 1 is 1.28 bits per heavy atom. The van der Waals surface area contributed by atoms with Crippen LogP contribution in [-0.2, 0) is 19.4 Å². The second kappa shape index (κ2) is 4.65. The molecular weight excluding hydrogens is 246 g/mol. The van der Waals surface area contributed by atoms with E-state index in [1.807, 2.05) is 18.5 Å². The molecule has 0 saturated carbocycles. The zero-order chi connectivity index (χ0) is 12.5. The second-order valence-electron chi connectivity index (χ2n) is 4.82. The van der Waals surface area contributed by atoms with Crippen molar-refractivity contribution in [2.75, 3.05) is 5.73 Å². The second-order valence-corrected chi connectivity index (χ2v) is 5.23. The van der Waals surface area contributed by atoms with Gasteiger partial charge in [0.05, 0.1) is 18.6 Å². The van der Waals surface area contributed by atoms with Gasteiger partial charge < -0.3 is 10.3 Å². The van der Waals surface area contributed by atoms with Gasteiger partial charge in [0.1, 0.15) is 0 Å². The number of imidazole rings is 1. The number of nitrogens with two attached hydrogens (primary N) is 1. The van der Waals surface area contributed by atoms with Crippen molar-refractivity contribution in [3.8, 4) is 0 Å². The Morgan fingerprint density at radius 3 is 2.94 bits per heavy atom. The topological polar surface area (TPSA) is 43.8 Å². The minimum atomic E-state index is 0.705. The molecule has 0 unspecified atom stereocenters. The molecule has 1 aliphatic carbocycles. The Morgan fingerprint density at radius 2 is 2.11 bits per heavy atom. The summed E-state index contributed by atoms with van der Waals surface area (Å²) in [7, 11) is 0. The molecule has 1 aliphatic rings. The Hall–Kier alpha value is -1.48. The maximum absolute atomic E-state index is 6.22. The van der Waals surface area contributed by atoms with E-state index in [0.29, 0.717) is 5.69 Å². The number of nitrogens with zero attached hydrogens (tertiary/aromatic N) is 2. The van der Waals surface area contributed by atoms with Gasteiger partial charge in [-0.3, -0.25) is 0 Å². The Labute approximate surface area is 112 Å². The highest BCUT2D eigenvalue weighted by Gasteiger charge is 2.15. The molecule has 3 nitrogen and oxygen atoms in total. The van der Waals surface area contributed by atoms with E-state index in [0.717, 1.165) is 30.0 Å². The van der Waals surface area contributed by atoms with Crippen molar-refractivity contribution in [3.63, 3.8) is 0 Å². The van der Waals surface area contributed by atoms with E-state index in [9.17, 15) is 0 Å². The van der Waals surface area contributed by atoms with Crippen molar-refractivity contribution in [3.05, 3.63) is 46.5 Å². The monoisotopic (exact) mass is 261 g/mol. The Kier molecular flexibility index (Phi) is 3.00. The fraction of sp³-hybridized carbons (Fsp3) is 0.357. The van der Waals surface area contributed by atoms with Gasteiger partial charge in [-0.2, -0.15) is 0 Å². The number of aromatic nitrogens is 2. The SMILES string of the molecule is Nc1ccc(Cn2cnc3c2CCCC3)c(Cl)c1. The number of halogens is 1. The molecule has 18 heavy (non-hydrogen) atoms. The molecule has 1 aromatic heterocycles. The van der Waals surface area contributed by atoms with Crippen LogP contribution in [0.4, 0.5) is 5.69 Å². The third-order valence-corrected chi connectivity index (χ3v) is 3.88. The van der Waals surface area contributed by atoms with Crippen molar-refractivity contribution >= 4 is 17.3 Å². The third kappa shape index (κ3) is 2.10. The molecule has 4 heteroatoms. The third-order valence-electron chi connectivity index (χ3n) is 3.53. The lowest BCUT2D eigenvalue weighted by molar-refractivity contribution is 0.628. The van der Waals surface area contributed by atoms with Gasteiger partial charge in [-0.1, -0.05) is 17.7 Å². The van der Waals surface area contributed by atoms with Crippen molar-refractivity contribution in [2.24, 2.45) is 0 Å². The van der Waals surface area contributed by atoms with E-state index in [1.54, 1.807) is 6.07 Å². The number of nitrogen functional groups attached to an aromatic ring is 1. The van der Waals surface area contributed by atoms with E-state index < -0.39 is 0 Å². The summed E-state index contributed by atoms with van der Waals surface area (Å²) < 4.78 is 2.21. The summed E-state index contributed by atoms with van der Waals surface area (Å²) in [6.45, 7) is 0.779. The zero-order valence-corrected chi connectivity index (χ0v) is 11.0. The van der Waals surface area contributed by atoms with Crippen LogP contribution in [-0.4, -0.2) is 9.55 Å². The highest BCUT2D eigenvalue weighted by Crippen LogP contribution is 2.24. The predicted molar refractivity (Wildman–Crippen MR) is 73.8 cm³/mol. The summed E-state index contributed by atoms with van der Waals surface area (Å²) >= 11 is 6.22. The molecule has 0 atom stereocenters. The number of aryl methyl sites for hydroxylation is 1. The molecule has 2 aromatic rings. The van der Waals surface area contributed by atoms with E-state index in [2.05, 4.69) is 9.55 Å². The summed E-state index contributed by atoms with van der Waals surface area (Å²) in [6, 6.07) is 5.69. The lowest BCUT2D eigenvalue weighted by Gasteiger charge is -2.14. The zero-order valence-electron chi connectivity index (χ0n) is 10.2. The molecular formula is C14H16ClN3. The average Bonchev–Trinajstić information content (AvgIpc) is 2.76. The summed E-state index contributed by atoms with van der Waals surface area (Å²) in [5, 5.41) is 0.730. The van der Waals surface area contributed by atoms with Gasteiger partial charge in [0.2, 0.25) is 0 Å². The summed E-state index contributed by atoms with van der Waals surface area (Å²) in [5.41, 5.74) is 10.1. The summed E-state index contributed by atoms with van der Waals surface area (Å²) in [5.74, 6) is 0. The molecule has 0 fully saturated rings. The molecule has 0 amide bonds. The molecule has 1 heterocycles. The number of benzene rings is 1. The van der Waals surface area contributed by atoms with Gasteiger partial charge in [0, 0.05) is 16.4 Å². The first-order valence-corrected chi connectivity index (χ1v) is 6.68. The van der Waals surface area contributed by atoms with E-state index >= 15 is 0 Å². The Bertz CT molecular complexity index is 574. The lowest BCUT2D eigenvalue weighted by atomic mass is 10.0. The minimum absolute atomic E-state index is 0.705. The van der Waals surface area contributed by atoms with Crippen LogP contribution < -0.4 is 5.73 Å². The first-order valence-electron chi connectivity index (χ1n) is 6.31. The normalized spacial score (nSPS) is 14.5. The van der Waals surface area contributed by atoms with Crippen LogP contribution in [0, 0.1) is 0 Å². The molecule has 94 valence electrons. The van der Waals surface area contributed by atoms with Crippen LogP contribution in [0.2, 0.25) is 5.02 Å². The highest BCUT2D eigenvalue weighted by molar-refractivity contribution is 6.31. The van der Waals surface area contributed by atoms with E-state index in [1.165, 1.54) is 24.2 Å². The standard InChI is InChI=1S/C14H16ClN3/c15-12-7-11(16)6-5-10(12)8-18-9-17-13-3-1-2-4-14(13)18/h5-7,9H,1-4,8,16H2. The minimum Gasteiger partial charge on any atom is -0.399 e. The number of fused-ring (bicyclic) bond motifs is 1. The number of hydrogen-bond donors (Lipinski definition) is 1. The number of rotatable bonds is 2. The summed E-state index contributed by atoms with van der Waals surface area (Å²) in [4.78, 5) is 4.50. The maximum Gasteiger partial charge on any atom is 0.0954 e. The van der Waals surface area contributed by atoms with E-state index in [-0.39, 0.29) is 0 Å². The fourth-order valence-corrected chi connectivity index (χ4v) is 2.79. The smallest absolute Gasteiger partial charge is 0.0954 e. The van der Waals surface area contributed by atoms with Crippen molar-refractivity contribution < 1.29 is 0 Å². The van der Waals surface area contributed by atoms with Crippen LogP contribution >= 0.6 is 11.6 Å². The highest BCUT2D eigenvalue weighted by atomic mass is 35.5. The van der Waals surface area contributed by atoms with Crippen LogP contribution in [0.5, 0.6) is 0 Å². The van der Waals surface area contributed by atoms with Crippen LogP contribution in [0.1, 0.15) is 29.8 Å². The van der Waals surface area contributed by atoms with Gasteiger partial charge in [0.25, 0.3) is 0 Å². The molecule has 0 aliphatic heterocycles. The molecule has 0 spiro atoms. The lowest BCUT2D eigenvalue weighted by Crippen LogP contribution is -2.09. The van der Waals surface area contributed by atoms with Gasteiger partial charge in [-0.15, -0.1) is 0 Å². The van der Waals surface area contributed by atoms with Gasteiger partial charge >= 0.3 is 0 Å². The quantitative estimate of drug-likeness (QED) is 0.845. The average molecular weight is 262 g/mol. The molecule has 3 rings (SSSR count). The largest absolute Gasteiger partial charge is 0.399 e. The van der Waals surface area contributed by atoms with Crippen LogP contribution in [0.25, 0.3) is 0 Å². The molecule has 0 bridgehead atoms. The van der Waals surface area contributed by atoms with Gasteiger partial charge in [-0.05, 0) is 43.4 Å². The molecule has 0 radical (unpaired) electrons. The van der Waals surface area contributed by atoms with Crippen molar-refractivity contribution in [2.45, 2.75) is 32.2 Å². The molecule has 2 N–H and O–H groups in total. The van der Waals surface area contributed by atoms with Crippen LogP contribution in [0.3, 0.4) is 0 Å². The number of anilines is 1. The molecule has 1 aromatic carbocycles. The van der Waals surface area contributed by atoms with Crippen LogP contribution in [0.15, 0.2) is 24.5 Å². The van der Waals surface area contributed by atoms with Gasteiger partial charge in [-0.25, -0.2) is 4.98 Å². The first kappa shape index (κ1) is 11.6. The number of hydrogen-bond acceptors (Lipinski definition) is 2. The van der Waals surface area contributed by atoms with E-state index in [4.69, 9.17) is 17.3 Å². The maximum atomic E-state index is 6.22. The van der Waals surface area contributed by atoms with Crippen molar-refractivity contribution in [1.82, 2.24) is 9.55 Å². The first-order chi connectivity index (χ1) is 8.74. The Balaban J connectivity index is 1.90. The van der Waals surface area contributed by atoms with Gasteiger partial charge in [0.15, 0.2) is 0 Å². The predicted octanol–water partition coefficient (Wildman–Crippen LogP) is 3.05.